The van der Waals surface area contributed by atoms with Crippen LogP contribution < -0.4 is 14.9 Å². The maximum absolute atomic E-state index is 5.74. The van der Waals surface area contributed by atoms with Gasteiger partial charge >= 0.3 is 0 Å². The highest BCUT2D eigenvalue weighted by molar-refractivity contribution is 5.89. The second kappa shape index (κ2) is 8.08. The lowest BCUT2D eigenvalue weighted by atomic mass is 10.1. The predicted octanol–water partition coefficient (Wildman–Crippen LogP) is 4.15. The van der Waals surface area contributed by atoms with E-state index in [1.54, 1.807) is 12.4 Å². The third-order valence-corrected chi connectivity index (χ3v) is 4.63. The topological polar surface area (TPSA) is 73.6 Å². The smallest absolute Gasteiger partial charge is 0.162 e. The minimum absolute atomic E-state index is 0.539. The largest absolute Gasteiger partial charge is 0.486 e. The Bertz CT molecular complexity index is 1170. The van der Waals surface area contributed by atoms with Gasteiger partial charge in [-0.3, -0.25) is 5.43 Å². The summed E-state index contributed by atoms with van der Waals surface area (Å²) in [6.07, 6.45) is 5.41. The first kappa shape index (κ1) is 17.9. The van der Waals surface area contributed by atoms with Crippen molar-refractivity contribution in [2.24, 2.45) is 5.10 Å². The number of benzene rings is 2. The summed E-state index contributed by atoms with van der Waals surface area (Å²) in [6.45, 7) is 1.10. The van der Waals surface area contributed by atoms with Crippen LogP contribution in [0.25, 0.3) is 16.9 Å². The molecule has 2 aromatic carbocycles. The number of hydrogen-bond donors (Lipinski definition) is 1. The van der Waals surface area contributed by atoms with Crippen molar-refractivity contribution >= 4 is 12.0 Å². The fourth-order valence-electron chi connectivity index (χ4n) is 3.21. The summed E-state index contributed by atoms with van der Waals surface area (Å²) >= 11 is 0. The molecule has 30 heavy (non-hydrogen) atoms. The minimum atomic E-state index is 0.539. The first-order valence-electron chi connectivity index (χ1n) is 9.62. The molecule has 5 rings (SSSR count). The fourth-order valence-corrected chi connectivity index (χ4v) is 3.21. The second-order valence-corrected chi connectivity index (χ2v) is 6.66. The van der Waals surface area contributed by atoms with E-state index >= 15 is 0 Å². The Morgan fingerprint density at radius 1 is 0.933 bits per heavy atom. The molecule has 0 spiro atoms. The van der Waals surface area contributed by atoms with Crippen molar-refractivity contribution in [2.45, 2.75) is 0 Å². The third kappa shape index (κ3) is 3.73. The molecule has 0 bridgehead atoms. The molecule has 148 valence electrons. The van der Waals surface area contributed by atoms with Crippen LogP contribution in [0.4, 0.5) is 5.82 Å². The van der Waals surface area contributed by atoms with Crippen molar-refractivity contribution in [1.82, 2.24) is 14.8 Å². The van der Waals surface area contributed by atoms with Crippen LogP contribution in [0.2, 0.25) is 0 Å². The van der Waals surface area contributed by atoms with E-state index in [0.29, 0.717) is 19.0 Å². The Balaban J connectivity index is 1.52. The molecule has 0 radical (unpaired) electrons. The predicted molar refractivity (Wildman–Crippen MR) is 115 cm³/mol. The Kier molecular flexibility index (Phi) is 4.83. The monoisotopic (exact) mass is 397 g/mol. The van der Waals surface area contributed by atoms with Crippen molar-refractivity contribution in [3.63, 3.8) is 0 Å². The molecule has 0 saturated carbocycles. The molecule has 2 aromatic heterocycles. The Morgan fingerprint density at radius 2 is 1.77 bits per heavy atom. The highest BCUT2D eigenvalue weighted by Gasteiger charge is 2.16. The number of nitrogens with one attached hydrogen (secondary N) is 1. The van der Waals surface area contributed by atoms with Crippen molar-refractivity contribution in [2.75, 3.05) is 18.6 Å². The first-order valence-corrected chi connectivity index (χ1v) is 9.62. The molecule has 0 unspecified atom stereocenters. The number of fused-ring (bicyclic) bond motifs is 1. The van der Waals surface area contributed by atoms with Gasteiger partial charge in [-0.2, -0.15) is 10.2 Å². The molecule has 0 saturated heterocycles. The van der Waals surface area contributed by atoms with E-state index in [-0.39, 0.29) is 0 Å². The molecule has 4 aromatic rings. The average Bonchev–Trinajstić information content (AvgIpc) is 3.24. The average molecular weight is 397 g/mol. The lowest BCUT2D eigenvalue weighted by Gasteiger charge is -2.18. The molecule has 0 fully saturated rings. The highest BCUT2D eigenvalue weighted by Crippen LogP contribution is 2.35. The van der Waals surface area contributed by atoms with Crippen molar-refractivity contribution in [3.05, 3.63) is 84.7 Å². The van der Waals surface area contributed by atoms with E-state index < -0.39 is 0 Å². The normalized spacial score (nSPS) is 12.8. The van der Waals surface area contributed by atoms with Crippen LogP contribution in [0.15, 0.2) is 84.2 Å². The second-order valence-electron chi connectivity index (χ2n) is 6.66. The van der Waals surface area contributed by atoms with Crippen LogP contribution in [0.3, 0.4) is 0 Å². The standard InChI is InChI=1S/C23H19N5O2/c1-2-6-19(7-3-1)28-16-18(15-25-26-22-8-4-5-11-24-22)23(27-28)17-9-10-20-21(14-17)30-13-12-29-20/h1-11,14-16H,12-13H2,(H,24,26). The number of aromatic nitrogens is 3. The maximum Gasteiger partial charge on any atom is 0.162 e. The molecule has 1 aliphatic heterocycles. The maximum atomic E-state index is 5.74. The van der Waals surface area contributed by atoms with Crippen LogP contribution in [0, 0.1) is 0 Å². The van der Waals surface area contributed by atoms with Crippen LogP contribution in [-0.2, 0) is 0 Å². The zero-order chi connectivity index (χ0) is 20.2. The molecule has 7 nitrogen and oxygen atoms in total. The number of rotatable bonds is 5. The zero-order valence-electron chi connectivity index (χ0n) is 16.1. The van der Waals surface area contributed by atoms with Gasteiger partial charge in [-0.05, 0) is 42.5 Å². The van der Waals surface area contributed by atoms with Gasteiger partial charge < -0.3 is 9.47 Å². The summed E-state index contributed by atoms with van der Waals surface area (Å²) in [5.41, 5.74) is 6.49. The van der Waals surface area contributed by atoms with E-state index in [1.165, 1.54) is 0 Å². The van der Waals surface area contributed by atoms with Gasteiger partial charge in [0.1, 0.15) is 24.7 Å². The lowest BCUT2D eigenvalue weighted by molar-refractivity contribution is 0.171. The van der Waals surface area contributed by atoms with E-state index in [2.05, 4.69) is 15.5 Å². The van der Waals surface area contributed by atoms with Gasteiger partial charge in [0.25, 0.3) is 0 Å². The highest BCUT2D eigenvalue weighted by atomic mass is 16.6. The summed E-state index contributed by atoms with van der Waals surface area (Å²) in [7, 11) is 0. The van der Waals surface area contributed by atoms with Crippen LogP contribution in [0.5, 0.6) is 11.5 Å². The van der Waals surface area contributed by atoms with Crippen LogP contribution in [0.1, 0.15) is 5.56 Å². The Morgan fingerprint density at radius 3 is 2.60 bits per heavy atom. The summed E-state index contributed by atoms with van der Waals surface area (Å²) in [5.74, 6) is 2.15. The number of nitrogens with zero attached hydrogens (tertiary/aromatic N) is 4. The van der Waals surface area contributed by atoms with Gasteiger partial charge in [-0.1, -0.05) is 24.3 Å². The van der Waals surface area contributed by atoms with Gasteiger partial charge in [0.15, 0.2) is 11.5 Å². The molecular weight excluding hydrogens is 378 g/mol. The third-order valence-electron chi connectivity index (χ3n) is 4.63. The zero-order valence-corrected chi connectivity index (χ0v) is 16.1. The molecule has 3 heterocycles. The van der Waals surface area contributed by atoms with Gasteiger partial charge in [0.2, 0.25) is 0 Å². The van der Waals surface area contributed by atoms with E-state index in [9.17, 15) is 0 Å². The van der Waals surface area contributed by atoms with Crippen molar-refractivity contribution < 1.29 is 9.47 Å². The fraction of sp³-hybridized carbons (Fsp3) is 0.0870. The van der Waals surface area contributed by atoms with E-state index in [0.717, 1.165) is 34.0 Å². The van der Waals surface area contributed by atoms with Crippen LogP contribution >= 0.6 is 0 Å². The molecule has 0 aliphatic carbocycles. The Labute approximate surface area is 173 Å². The van der Waals surface area contributed by atoms with Crippen LogP contribution in [-0.4, -0.2) is 34.2 Å². The molecule has 1 N–H and O–H groups in total. The van der Waals surface area contributed by atoms with E-state index in [4.69, 9.17) is 14.6 Å². The summed E-state index contributed by atoms with van der Waals surface area (Å²) in [4.78, 5) is 4.22. The van der Waals surface area contributed by atoms with Crippen molar-refractivity contribution in [3.8, 4) is 28.4 Å². The first-order chi connectivity index (χ1) is 14.9. The quantitative estimate of drug-likeness (QED) is 0.405. The number of pyridine rings is 1. The van der Waals surface area contributed by atoms with E-state index in [1.807, 2.05) is 77.6 Å². The lowest BCUT2D eigenvalue weighted by Crippen LogP contribution is -2.15. The number of hydrogen-bond acceptors (Lipinski definition) is 6. The van der Waals surface area contributed by atoms with Crippen molar-refractivity contribution in [1.29, 1.82) is 0 Å². The summed E-state index contributed by atoms with van der Waals surface area (Å²) in [5, 5.41) is 9.16. The molecule has 0 atom stereocenters. The SMILES string of the molecule is C(=NNc1ccccn1)c1cn(-c2ccccc2)nc1-c1ccc2c(c1)OCCO2. The minimum Gasteiger partial charge on any atom is -0.486 e. The summed E-state index contributed by atoms with van der Waals surface area (Å²) < 4.78 is 13.2. The number of anilines is 1. The summed E-state index contributed by atoms with van der Waals surface area (Å²) in [6, 6.07) is 21.4. The number of para-hydroxylation sites is 1. The molecule has 0 amide bonds. The molecule has 1 aliphatic rings. The van der Waals surface area contributed by atoms with Gasteiger partial charge in [-0.15, -0.1) is 0 Å². The number of hydrazone groups is 1. The Hall–Kier alpha value is -4.13. The number of ether oxygens (including phenoxy) is 2. The van der Waals surface area contributed by atoms with Gasteiger partial charge in [0, 0.05) is 23.5 Å². The van der Waals surface area contributed by atoms with Gasteiger partial charge in [-0.25, -0.2) is 9.67 Å². The van der Waals surface area contributed by atoms with Gasteiger partial charge in [0.05, 0.1) is 11.9 Å². The molecular formula is C23H19N5O2. The molecule has 7 heteroatoms.